The van der Waals surface area contributed by atoms with Gasteiger partial charge >= 0.3 is 0 Å². The SMILES string of the molecule is CCCNC1CC(C)(C)c2cc3c(cc21)OCC(C)CO3. The van der Waals surface area contributed by atoms with Crippen molar-refractivity contribution in [3.05, 3.63) is 23.3 Å². The maximum atomic E-state index is 5.95. The fraction of sp³-hybridized carbons (Fsp3) is 0.667. The smallest absolute Gasteiger partial charge is 0.161 e. The first-order chi connectivity index (χ1) is 10.0. The zero-order valence-electron chi connectivity index (χ0n) is 13.7. The van der Waals surface area contributed by atoms with Crippen LogP contribution in [-0.2, 0) is 5.41 Å². The van der Waals surface area contributed by atoms with Gasteiger partial charge in [0.15, 0.2) is 11.5 Å². The van der Waals surface area contributed by atoms with Crippen LogP contribution in [0.5, 0.6) is 11.5 Å². The highest BCUT2D eigenvalue weighted by Crippen LogP contribution is 2.48. The Labute approximate surface area is 128 Å². The first kappa shape index (κ1) is 14.7. The van der Waals surface area contributed by atoms with Crippen molar-refractivity contribution in [2.45, 2.75) is 52.0 Å². The highest BCUT2D eigenvalue weighted by atomic mass is 16.5. The largest absolute Gasteiger partial charge is 0.489 e. The Kier molecular flexibility index (Phi) is 3.87. The van der Waals surface area contributed by atoms with Crippen LogP contribution >= 0.6 is 0 Å². The number of fused-ring (bicyclic) bond motifs is 2. The van der Waals surface area contributed by atoms with Crippen molar-refractivity contribution in [1.82, 2.24) is 5.32 Å². The fourth-order valence-electron chi connectivity index (χ4n) is 3.42. The Morgan fingerprint density at radius 2 is 1.86 bits per heavy atom. The average molecular weight is 289 g/mol. The summed E-state index contributed by atoms with van der Waals surface area (Å²) >= 11 is 0. The lowest BCUT2D eigenvalue weighted by Crippen LogP contribution is -2.22. The average Bonchev–Trinajstić information content (AvgIpc) is 2.59. The standard InChI is InChI=1S/C18H27NO2/c1-5-6-19-15-9-18(3,4)14-8-17-16(7-13(14)15)20-10-12(2)11-21-17/h7-8,12,15,19H,5-6,9-11H2,1-4H3. The molecule has 1 N–H and O–H groups in total. The van der Waals surface area contributed by atoms with E-state index < -0.39 is 0 Å². The molecule has 116 valence electrons. The van der Waals surface area contributed by atoms with Crippen molar-refractivity contribution in [2.24, 2.45) is 5.92 Å². The molecule has 21 heavy (non-hydrogen) atoms. The monoisotopic (exact) mass is 289 g/mol. The van der Waals surface area contributed by atoms with E-state index >= 15 is 0 Å². The summed E-state index contributed by atoms with van der Waals surface area (Å²) in [5, 5.41) is 3.68. The van der Waals surface area contributed by atoms with Gasteiger partial charge in [-0.15, -0.1) is 0 Å². The number of hydrogen-bond acceptors (Lipinski definition) is 3. The van der Waals surface area contributed by atoms with Gasteiger partial charge in [0, 0.05) is 12.0 Å². The minimum atomic E-state index is 0.192. The number of rotatable bonds is 3. The molecule has 0 aromatic heterocycles. The molecule has 0 radical (unpaired) electrons. The highest BCUT2D eigenvalue weighted by Gasteiger charge is 2.38. The summed E-state index contributed by atoms with van der Waals surface area (Å²) in [5.74, 6) is 2.27. The summed E-state index contributed by atoms with van der Waals surface area (Å²) in [4.78, 5) is 0. The van der Waals surface area contributed by atoms with E-state index in [0.717, 1.165) is 44.1 Å². The molecule has 1 aliphatic carbocycles. The van der Waals surface area contributed by atoms with E-state index in [9.17, 15) is 0 Å². The molecule has 0 saturated carbocycles. The van der Waals surface area contributed by atoms with Crippen molar-refractivity contribution >= 4 is 0 Å². The molecule has 2 aliphatic rings. The van der Waals surface area contributed by atoms with Crippen LogP contribution in [-0.4, -0.2) is 19.8 Å². The van der Waals surface area contributed by atoms with E-state index in [-0.39, 0.29) is 5.41 Å². The first-order valence-electron chi connectivity index (χ1n) is 8.18. The van der Waals surface area contributed by atoms with Gasteiger partial charge < -0.3 is 14.8 Å². The van der Waals surface area contributed by atoms with Crippen molar-refractivity contribution in [1.29, 1.82) is 0 Å². The van der Waals surface area contributed by atoms with Gasteiger partial charge in [0.1, 0.15) is 0 Å². The zero-order chi connectivity index (χ0) is 15.0. The fourth-order valence-corrected chi connectivity index (χ4v) is 3.42. The van der Waals surface area contributed by atoms with E-state index in [1.165, 1.54) is 11.1 Å². The van der Waals surface area contributed by atoms with Crippen LogP contribution in [0.3, 0.4) is 0 Å². The summed E-state index contributed by atoms with van der Waals surface area (Å²) in [6.07, 6.45) is 2.30. The molecular weight excluding hydrogens is 262 g/mol. The van der Waals surface area contributed by atoms with Crippen LogP contribution in [0.4, 0.5) is 0 Å². The summed E-state index contributed by atoms with van der Waals surface area (Å²) < 4.78 is 11.9. The Hall–Kier alpha value is -1.22. The Bertz CT molecular complexity index is 524. The maximum absolute atomic E-state index is 5.95. The van der Waals surface area contributed by atoms with E-state index in [2.05, 4.69) is 45.1 Å². The predicted molar refractivity (Wildman–Crippen MR) is 85.3 cm³/mol. The van der Waals surface area contributed by atoms with Crippen LogP contribution in [0.1, 0.15) is 57.7 Å². The molecule has 0 amide bonds. The Balaban J connectivity index is 1.96. The summed E-state index contributed by atoms with van der Waals surface area (Å²) in [6.45, 7) is 11.6. The third-order valence-electron chi connectivity index (χ3n) is 4.62. The molecule has 1 aromatic carbocycles. The predicted octanol–water partition coefficient (Wildman–Crippen LogP) is 3.82. The second-order valence-corrected chi connectivity index (χ2v) is 7.21. The molecule has 0 fully saturated rings. The molecular formula is C18H27NO2. The summed E-state index contributed by atoms with van der Waals surface area (Å²) in [7, 11) is 0. The third-order valence-corrected chi connectivity index (χ3v) is 4.62. The second-order valence-electron chi connectivity index (χ2n) is 7.21. The van der Waals surface area contributed by atoms with E-state index in [4.69, 9.17) is 9.47 Å². The van der Waals surface area contributed by atoms with Gasteiger partial charge in [0.05, 0.1) is 13.2 Å². The molecule has 0 saturated heterocycles. The summed E-state index contributed by atoms with van der Waals surface area (Å²) in [5.41, 5.74) is 3.00. The normalized spacial score (nSPS) is 26.3. The van der Waals surface area contributed by atoms with Crippen LogP contribution in [0.15, 0.2) is 12.1 Å². The lowest BCUT2D eigenvalue weighted by molar-refractivity contribution is 0.228. The lowest BCUT2D eigenvalue weighted by atomic mass is 9.86. The van der Waals surface area contributed by atoms with Crippen LogP contribution in [0.2, 0.25) is 0 Å². The highest BCUT2D eigenvalue weighted by molar-refractivity contribution is 5.53. The van der Waals surface area contributed by atoms with Crippen LogP contribution in [0, 0.1) is 5.92 Å². The van der Waals surface area contributed by atoms with Gasteiger partial charge in [-0.3, -0.25) is 0 Å². The van der Waals surface area contributed by atoms with Gasteiger partial charge in [0.25, 0.3) is 0 Å². The number of ether oxygens (including phenoxy) is 2. The third kappa shape index (κ3) is 2.76. The summed E-state index contributed by atoms with van der Waals surface area (Å²) in [6, 6.07) is 4.87. The van der Waals surface area contributed by atoms with Gasteiger partial charge in [-0.2, -0.15) is 0 Å². The van der Waals surface area contributed by atoms with Crippen LogP contribution < -0.4 is 14.8 Å². The molecule has 0 spiro atoms. The maximum Gasteiger partial charge on any atom is 0.161 e. The number of nitrogens with one attached hydrogen (secondary N) is 1. The molecule has 2 unspecified atom stereocenters. The van der Waals surface area contributed by atoms with Crippen molar-refractivity contribution < 1.29 is 9.47 Å². The van der Waals surface area contributed by atoms with Gasteiger partial charge in [-0.25, -0.2) is 0 Å². The van der Waals surface area contributed by atoms with Crippen molar-refractivity contribution in [3.63, 3.8) is 0 Å². The molecule has 3 nitrogen and oxygen atoms in total. The molecule has 2 atom stereocenters. The minimum Gasteiger partial charge on any atom is -0.489 e. The topological polar surface area (TPSA) is 30.5 Å². The van der Waals surface area contributed by atoms with E-state index in [1.54, 1.807) is 0 Å². The zero-order valence-corrected chi connectivity index (χ0v) is 13.7. The number of benzene rings is 1. The Morgan fingerprint density at radius 1 is 1.19 bits per heavy atom. The minimum absolute atomic E-state index is 0.192. The molecule has 1 aliphatic heterocycles. The van der Waals surface area contributed by atoms with Gasteiger partial charge in [-0.05, 0) is 48.1 Å². The molecule has 3 rings (SSSR count). The lowest BCUT2D eigenvalue weighted by Gasteiger charge is -2.20. The Morgan fingerprint density at radius 3 is 2.52 bits per heavy atom. The van der Waals surface area contributed by atoms with E-state index in [0.29, 0.717) is 12.0 Å². The first-order valence-corrected chi connectivity index (χ1v) is 8.18. The molecule has 1 aromatic rings. The second kappa shape index (κ2) is 5.53. The van der Waals surface area contributed by atoms with Crippen molar-refractivity contribution in [2.75, 3.05) is 19.8 Å². The van der Waals surface area contributed by atoms with Crippen molar-refractivity contribution in [3.8, 4) is 11.5 Å². The van der Waals surface area contributed by atoms with E-state index in [1.807, 2.05) is 0 Å². The van der Waals surface area contributed by atoms with Gasteiger partial charge in [0.2, 0.25) is 0 Å². The van der Waals surface area contributed by atoms with Gasteiger partial charge in [-0.1, -0.05) is 27.7 Å². The molecule has 0 bridgehead atoms. The molecule has 1 heterocycles. The molecule has 3 heteroatoms. The van der Waals surface area contributed by atoms with Crippen LogP contribution in [0.25, 0.3) is 0 Å². The number of hydrogen-bond donors (Lipinski definition) is 1. The quantitative estimate of drug-likeness (QED) is 0.917.